The summed E-state index contributed by atoms with van der Waals surface area (Å²) < 4.78 is 0. The molecule has 3 rings (SSSR count). The highest BCUT2D eigenvalue weighted by Crippen LogP contribution is 2.31. The van der Waals surface area contributed by atoms with Gasteiger partial charge in [0.1, 0.15) is 0 Å². The minimum absolute atomic E-state index is 0.604. The van der Waals surface area contributed by atoms with Crippen LogP contribution >= 0.6 is 0 Å². The highest BCUT2D eigenvalue weighted by molar-refractivity contribution is 5.51. The Labute approximate surface area is 129 Å². The number of pyridine rings is 1. The molecule has 2 aliphatic rings. The van der Waals surface area contributed by atoms with Gasteiger partial charge in [-0.2, -0.15) is 0 Å². The number of aryl methyl sites for hydroxylation is 1. The van der Waals surface area contributed by atoms with E-state index in [4.69, 9.17) is 0 Å². The normalized spacial score (nSPS) is 27.8. The number of hydrogen-bond acceptors (Lipinski definition) is 3. The Kier molecular flexibility index (Phi) is 4.79. The molecule has 116 valence electrons. The highest BCUT2D eigenvalue weighted by atomic mass is 15.2. The molecule has 1 N–H and O–H groups in total. The lowest BCUT2D eigenvalue weighted by atomic mass is 9.82. The van der Waals surface area contributed by atoms with Crippen LogP contribution in [0.15, 0.2) is 18.3 Å². The smallest absolute Gasteiger partial charge is 0.0605 e. The lowest BCUT2D eigenvalue weighted by Gasteiger charge is -2.45. The van der Waals surface area contributed by atoms with Crippen molar-refractivity contribution < 1.29 is 0 Å². The summed E-state index contributed by atoms with van der Waals surface area (Å²) in [5, 5.41) is 3.85. The topological polar surface area (TPSA) is 28.2 Å². The van der Waals surface area contributed by atoms with Gasteiger partial charge in [-0.15, -0.1) is 0 Å². The van der Waals surface area contributed by atoms with E-state index in [1.54, 1.807) is 0 Å². The maximum atomic E-state index is 4.50. The second-order valence-electron chi connectivity index (χ2n) is 6.74. The molecule has 0 bridgehead atoms. The lowest BCUT2D eigenvalue weighted by Crippen LogP contribution is -2.59. The zero-order valence-electron chi connectivity index (χ0n) is 13.5. The van der Waals surface area contributed by atoms with Crippen LogP contribution in [0.1, 0.15) is 51.1 Å². The third-order valence-corrected chi connectivity index (χ3v) is 5.43. The first-order valence-corrected chi connectivity index (χ1v) is 8.71. The summed E-state index contributed by atoms with van der Waals surface area (Å²) in [6.45, 7) is 6.70. The van der Waals surface area contributed by atoms with Crippen LogP contribution in [0.4, 0.5) is 5.69 Å². The van der Waals surface area contributed by atoms with Gasteiger partial charge in [-0.05, 0) is 44.2 Å². The predicted octanol–water partition coefficient (Wildman–Crippen LogP) is 3.53. The van der Waals surface area contributed by atoms with E-state index in [2.05, 4.69) is 41.2 Å². The van der Waals surface area contributed by atoms with E-state index in [1.165, 1.54) is 49.9 Å². The Hall–Kier alpha value is -1.09. The van der Waals surface area contributed by atoms with Gasteiger partial charge in [0.15, 0.2) is 0 Å². The zero-order chi connectivity index (χ0) is 14.7. The van der Waals surface area contributed by atoms with Crippen LogP contribution in [0, 0.1) is 12.8 Å². The molecule has 0 radical (unpaired) electrons. The van der Waals surface area contributed by atoms with Crippen molar-refractivity contribution in [3.05, 3.63) is 24.0 Å². The van der Waals surface area contributed by atoms with Crippen molar-refractivity contribution in [2.24, 2.45) is 5.92 Å². The molecule has 1 aromatic heterocycles. The summed E-state index contributed by atoms with van der Waals surface area (Å²) in [5.74, 6) is 0.871. The Bertz CT molecular complexity index is 454. The molecular formula is C18H29N3. The molecule has 1 saturated carbocycles. The van der Waals surface area contributed by atoms with Crippen molar-refractivity contribution in [1.29, 1.82) is 0 Å². The van der Waals surface area contributed by atoms with Gasteiger partial charge in [-0.25, -0.2) is 0 Å². The minimum atomic E-state index is 0.604. The molecule has 1 aliphatic carbocycles. The van der Waals surface area contributed by atoms with E-state index in [1.807, 2.05) is 6.20 Å². The first-order valence-electron chi connectivity index (χ1n) is 8.71. The molecule has 3 heteroatoms. The molecule has 2 fully saturated rings. The van der Waals surface area contributed by atoms with Crippen molar-refractivity contribution in [2.45, 2.75) is 64.5 Å². The fourth-order valence-corrected chi connectivity index (χ4v) is 4.11. The quantitative estimate of drug-likeness (QED) is 0.922. The van der Waals surface area contributed by atoms with Crippen molar-refractivity contribution in [1.82, 2.24) is 10.3 Å². The van der Waals surface area contributed by atoms with Crippen LogP contribution < -0.4 is 10.2 Å². The molecule has 2 atom stereocenters. The SMILES string of the molecule is CCC1CNC(C2CCCCC2)CN1c1cccnc1C. The molecule has 2 unspecified atom stereocenters. The van der Waals surface area contributed by atoms with Gasteiger partial charge in [0.25, 0.3) is 0 Å². The average Bonchev–Trinajstić information content (AvgIpc) is 2.55. The summed E-state index contributed by atoms with van der Waals surface area (Å²) in [4.78, 5) is 7.12. The summed E-state index contributed by atoms with van der Waals surface area (Å²) >= 11 is 0. The van der Waals surface area contributed by atoms with Crippen LogP contribution in [0.2, 0.25) is 0 Å². The fraction of sp³-hybridized carbons (Fsp3) is 0.722. The maximum Gasteiger partial charge on any atom is 0.0605 e. The molecule has 0 amide bonds. The van der Waals surface area contributed by atoms with Crippen molar-refractivity contribution >= 4 is 5.69 Å². The van der Waals surface area contributed by atoms with Crippen molar-refractivity contribution in [3.63, 3.8) is 0 Å². The number of piperazine rings is 1. The Balaban J connectivity index is 1.77. The Morgan fingerprint density at radius 2 is 2.10 bits per heavy atom. The summed E-state index contributed by atoms with van der Waals surface area (Å²) in [5.41, 5.74) is 2.51. The molecule has 1 saturated heterocycles. The standard InChI is InChI=1S/C18H29N3/c1-3-16-12-20-17(15-8-5-4-6-9-15)13-21(16)18-10-7-11-19-14(18)2/h7,10-11,15-17,20H,3-6,8-9,12-13H2,1-2H3. The van der Waals surface area contributed by atoms with Crippen LogP contribution in [-0.2, 0) is 0 Å². The first-order chi connectivity index (χ1) is 10.3. The third-order valence-electron chi connectivity index (χ3n) is 5.43. The molecule has 3 nitrogen and oxygen atoms in total. The largest absolute Gasteiger partial charge is 0.364 e. The molecule has 2 heterocycles. The summed E-state index contributed by atoms with van der Waals surface area (Å²) in [6, 6.07) is 5.58. The summed E-state index contributed by atoms with van der Waals surface area (Å²) in [7, 11) is 0. The monoisotopic (exact) mass is 287 g/mol. The molecule has 21 heavy (non-hydrogen) atoms. The van der Waals surface area contributed by atoms with E-state index < -0.39 is 0 Å². The van der Waals surface area contributed by atoms with E-state index >= 15 is 0 Å². The Morgan fingerprint density at radius 1 is 1.29 bits per heavy atom. The summed E-state index contributed by atoms with van der Waals surface area (Å²) in [6.07, 6.45) is 10.2. The number of anilines is 1. The van der Waals surface area contributed by atoms with Crippen LogP contribution in [0.25, 0.3) is 0 Å². The number of nitrogens with zero attached hydrogens (tertiary/aromatic N) is 2. The first kappa shape index (κ1) is 14.8. The Morgan fingerprint density at radius 3 is 2.81 bits per heavy atom. The van der Waals surface area contributed by atoms with Gasteiger partial charge >= 0.3 is 0 Å². The van der Waals surface area contributed by atoms with Gasteiger partial charge in [0.05, 0.1) is 11.4 Å². The van der Waals surface area contributed by atoms with Crippen LogP contribution in [-0.4, -0.2) is 30.2 Å². The average molecular weight is 287 g/mol. The molecule has 0 aromatic carbocycles. The van der Waals surface area contributed by atoms with E-state index in [0.717, 1.165) is 19.0 Å². The van der Waals surface area contributed by atoms with Gasteiger partial charge in [-0.1, -0.05) is 26.2 Å². The van der Waals surface area contributed by atoms with Crippen molar-refractivity contribution in [3.8, 4) is 0 Å². The number of nitrogens with one attached hydrogen (secondary N) is 1. The van der Waals surface area contributed by atoms with Crippen molar-refractivity contribution in [2.75, 3.05) is 18.0 Å². The van der Waals surface area contributed by atoms with E-state index in [9.17, 15) is 0 Å². The lowest BCUT2D eigenvalue weighted by molar-refractivity contribution is 0.240. The molecule has 0 spiro atoms. The van der Waals surface area contributed by atoms with E-state index in [0.29, 0.717) is 12.1 Å². The second kappa shape index (κ2) is 6.78. The van der Waals surface area contributed by atoms with Gasteiger partial charge < -0.3 is 10.2 Å². The number of rotatable bonds is 3. The molecule has 1 aliphatic heterocycles. The number of aromatic nitrogens is 1. The predicted molar refractivity (Wildman–Crippen MR) is 88.8 cm³/mol. The fourth-order valence-electron chi connectivity index (χ4n) is 4.11. The minimum Gasteiger partial charge on any atom is -0.364 e. The van der Waals surface area contributed by atoms with Gasteiger partial charge in [0, 0.05) is 31.4 Å². The number of hydrogen-bond donors (Lipinski definition) is 1. The molecule has 1 aromatic rings. The highest BCUT2D eigenvalue weighted by Gasteiger charge is 2.32. The molecular weight excluding hydrogens is 258 g/mol. The maximum absolute atomic E-state index is 4.50. The van der Waals surface area contributed by atoms with Gasteiger partial charge in [0.2, 0.25) is 0 Å². The third kappa shape index (κ3) is 3.23. The second-order valence-corrected chi connectivity index (χ2v) is 6.74. The van der Waals surface area contributed by atoms with Gasteiger partial charge in [-0.3, -0.25) is 4.98 Å². The zero-order valence-corrected chi connectivity index (χ0v) is 13.5. The van der Waals surface area contributed by atoms with Crippen LogP contribution in [0.5, 0.6) is 0 Å². The van der Waals surface area contributed by atoms with Crippen LogP contribution in [0.3, 0.4) is 0 Å². The van der Waals surface area contributed by atoms with E-state index in [-0.39, 0.29) is 0 Å².